The Morgan fingerprint density at radius 1 is 1.46 bits per heavy atom. The van der Waals surface area contributed by atoms with Crippen molar-refractivity contribution >= 4 is 33.4 Å². The van der Waals surface area contributed by atoms with E-state index in [0.717, 1.165) is 24.2 Å². The van der Waals surface area contributed by atoms with Gasteiger partial charge in [0, 0.05) is 18.0 Å². The van der Waals surface area contributed by atoms with Gasteiger partial charge in [-0.25, -0.2) is 18.4 Å². The minimum absolute atomic E-state index is 0.0106. The number of hydrogen-bond donors (Lipinski definition) is 3. The normalized spacial score (nSPS) is 26.4. The summed E-state index contributed by atoms with van der Waals surface area (Å²) in [5, 5.41) is 17.3. The van der Waals surface area contributed by atoms with Crippen LogP contribution in [-0.4, -0.2) is 43.5 Å². The monoisotopic (exact) mass is 373 g/mol. The fourth-order valence-electron chi connectivity index (χ4n) is 3.67. The van der Waals surface area contributed by atoms with Gasteiger partial charge in [-0.3, -0.25) is 4.79 Å². The van der Waals surface area contributed by atoms with Crippen molar-refractivity contribution in [3.63, 3.8) is 0 Å². The van der Waals surface area contributed by atoms with Crippen LogP contribution in [0, 0.1) is 11.3 Å². The van der Waals surface area contributed by atoms with E-state index >= 15 is 0 Å². The molecule has 8 nitrogen and oxygen atoms in total. The lowest BCUT2D eigenvalue weighted by Crippen LogP contribution is -2.41. The molecule has 1 aliphatic heterocycles. The van der Waals surface area contributed by atoms with Crippen LogP contribution in [0.2, 0.25) is 0 Å². The Labute approximate surface area is 143 Å². The van der Waals surface area contributed by atoms with Gasteiger partial charge in [0.05, 0.1) is 12.0 Å². The number of rotatable bonds is 4. The zero-order chi connectivity index (χ0) is 17.5. The molecule has 132 valence electrons. The van der Waals surface area contributed by atoms with Crippen molar-refractivity contribution in [1.82, 2.24) is 10.2 Å². The van der Waals surface area contributed by atoms with Gasteiger partial charge in [0.25, 0.3) is 0 Å². The molecular weight excluding hydrogens is 354 g/mol. The van der Waals surface area contributed by atoms with E-state index in [-0.39, 0.29) is 29.2 Å². The van der Waals surface area contributed by atoms with E-state index in [4.69, 9.17) is 5.14 Å². The predicted octanol–water partition coefficient (Wildman–Crippen LogP) is 0.792. The van der Waals surface area contributed by atoms with Crippen LogP contribution in [0.1, 0.15) is 24.1 Å². The molecule has 0 radical (unpaired) electrons. The fourth-order valence-corrected chi connectivity index (χ4v) is 5.39. The first-order chi connectivity index (χ1) is 11.2. The van der Waals surface area contributed by atoms with E-state index in [2.05, 4.69) is 5.32 Å². The van der Waals surface area contributed by atoms with Crippen molar-refractivity contribution in [3.05, 3.63) is 17.0 Å². The van der Waals surface area contributed by atoms with Crippen molar-refractivity contribution in [2.75, 3.05) is 13.1 Å². The number of urea groups is 1. The number of sulfonamides is 1. The molecule has 1 aromatic rings. The first-order valence-corrected chi connectivity index (χ1v) is 9.96. The summed E-state index contributed by atoms with van der Waals surface area (Å²) in [7, 11) is -3.73. The summed E-state index contributed by atoms with van der Waals surface area (Å²) >= 11 is 1.00. The van der Waals surface area contributed by atoms with Crippen LogP contribution >= 0.6 is 11.3 Å². The molecule has 1 aromatic heterocycles. The molecule has 4 N–H and O–H groups in total. The third kappa shape index (κ3) is 3.01. The average molecular weight is 373 g/mol. The maximum atomic E-state index is 12.3. The average Bonchev–Trinajstić information content (AvgIpc) is 3.17. The number of hydrogen-bond acceptors (Lipinski definition) is 5. The van der Waals surface area contributed by atoms with Gasteiger partial charge in [-0.15, -0.1) is 11.3 Å². The second kappa shape index (κ2) is 6.01. The quantitative estimate of drug-likeness (QED) is 0.718. The maximum absolute atomic E-state index is 12.3. The van der Waals surface area contributed by atoms with Gasteiger partial charge >= 0.3 is 12.0 Å². The predicted molar refractivity (Wildman–Crippen MR) is 86.9 cm³/mol. The first kappa shape index (κ1) is 17.2. The lowest BCUT2D eigenvalue weighted by atomic mass is 9.81. The Hall–Kier alpha value is -1.65. The molecule has 2 aliphatic rings. The Balaban J connectivity index is 1.61. The topological polar surface area (TPSA) is 130 Å². The SMILES string of the molecule is NS(=O)(=O)c1ccc(CNC(=O)N2C[C@@H]3CCC[C@@]3(C(=O)O)C2)s1. The molecule has 3 rings (SSSR count). The molecule has 2 heterocycles. The van der Waals surface area contributed by atoms with Crippen LogP contribution in [0.15, 0.2) is 16.3 Å². The summed E-state index contributed by atoms with van der Waals surface area (Å²) in [6.07, 6.45) is 2.33. The molecule has 2 amide bonds. The van der Waals surface area contributed by atoms with Crippen molar-refractivity contribution in [1.29, 1.82) is 0 Å². The third-order valence-electron chi connectivity index (χ3n) is 4.92. The minimum Gasteiger partial charge on any atom is -0.481 e. The van der Waals surface area contributed by atoms with Gasteiger partial charge in [-0.1, -0.05) is 6.42 Å². The number of fused-ring (bicyclic) bond motifs is 1. The van der Waals surface area contributed by atoms with E-state index in [1.165, 1.54) is 6.07 Å². The standard InChI is InChI=1S/C14H19N3O5S2/c15-24(21,22)11-4-3-10(23-11)6-16-13(20)17-7-9-2-1-5-14(9,8-17)12(18)19/h3-4,9H,1-2,5-8H2,(H,16,20)(H,18,19)(H2,15,21,22)/t9-,14+/m0/s1. The van der Waals surface area contributed by atoms with Gasteiger partial charge in [0.15, 0.2) is 0 Å². The van der Waals surface area contributed by atoms with Gasteiger partial charge in [-0.2, -0.15) is 0 Å². The fraction of sp³-hybridized carbons (Fsp3) is 0.571. The molecule has 2 fully saturated rings. The number of nitrogens with two attached hydrogens (primary N) is 1. The number of likely N-dealkylation sites (tertiary alicyclic amines) is 1. The van der Waals surface area contributed by atoms with Crippen LogP contribution in [0.25, 0.3) is 0 Å². The number of aliphatic carboxylic acids is 1. The van der Waals surface area contributed by atoms with Gasteiger partial charge in [-0.05, 0) is 30.9 Å². The smallest absolute Gasteiger partial charge is 0.317 e. The van der Waals surface area contributed by atoms with Crippen LogP contribution in [0.3, 0.4) is 0 Å². The number of nitrogens with zero attached hydrogens (tertiary/aromatic N) is 1. The van der Waals surface area contributed by atoms with Gasteiger partial charge in [0.2, 0.25) is 10.0 Å². The molecule has 10 heteroatoms. The van der Waals surface area contributed by atoms with E-state index in [1.807, 2.05) is 0 Å². The number of carboxylic acid groups (broad SMARTS) is 1. The van der Waals surface area contributed by atoms with E-state index in [9.17, 15) is 23.1 Å². The molecular formula is C14H19N3O5S2. The number of carbonyl (C=O) groups excluding carboxylic acids is 1. The van der Waals surface area contributed by atoms with Gasteiger partial charge < -0.3 is 15.3 Å². The van der Waals surface area contributed by atoms with Crippen molar-refractivity contribution in [2.45, 2.75) is 30.0 Å². The molecule has 0 aromatic carbocycles. The van der Waals surface area contributed by atoms with Crippen LogP contribution in [0.4, 0.5) is 4.79 Å². The van der Waals surface area contributed by atoms with Crippen molar-refractivity contribution < 1.29 is 23.1 Å². The second-order valence-electron chi connectivity index (χ2n) is 6.36. The highest BCUT2D eigenvalue weighted by Crippen LogP contribution is 2.48. The molecule has 1 aliphatic carbocycles. The lowest BCUT2D eigenvalue weighted by molar-refractivity contribution is -0.149. The number of amides is 2. The molecule has 1 saturated heterocycles. The molecule has 0 spiro atoms. The zero-order valence-corrected chi connectivity index (χ0v) is 14.5. The highest BCUT2D eigenvalue weighted by molar-refractivity contribution is 7.91. The minimum atomic E-state index is -3.73. The zero-order valence-electron chi connectivity index (χ0n) is 12.9. The van der Waals surface area contributed by atoms with Crippen molar-refractivity contribution in [3.8, 4) is 0 Å². The highest BCUT2D eigenvalue weighted by Gasteiger charge is 2.55. The number of carbonyl (C=O) groups is 2. The summed E-state index contributed by atoms with van der Waals surface area (Å²) in [6.45, 7) is 0.858. The number of primary sulfonamides is 1. The summed E-state index contributed by atoms with van der Waals surface area (Å²) in [6, 6.07) is 2.68. The van der Waals surface area contributed by atoms with Crippen LogP contribution in [0.5, 0.6) is 0 Å². The molecule has 0 bridgehead atoms. The Morgan fingerprint density at radius 3 is 2.79 bits per heavy atom. The Kier molecular flexibility index (Phi) is 4.30. The number of thiophene rings is 1. The summed E-state index contributed by atoms with van der Waals surface area (Å²) in [5.74, 6) is -0.812. The molecule has 1 saturated carbocycles. The summed E-state index contributed by atoms with van der Waals surface area (Å²) in [4.78, 5) is 26.1. The third-order valence-corrected chi connectivity index (χ3v) is 7.44. The van der Waals surface area contributed by atoms with E-state index < -0.39 is 21.4 Å². The van der Waals surface area contributed by atoms with Crippen molar-refractivity contribution in [2.24, 2.45) is 16.5 Å². The number of nitrogens with one attached hydrogen (secondary N) is 1. The first-order valence-electron chi connectivity index (χ1n) is 7.60. The van der Waals surface area contributed by atoms with E-state index in [0.29, 0.717) is 17.8 Å². The molecule has 2 atom stereocenters. The second-order valence-corrected chi connectivity index (χ2v) is 9.31. The largest absolute Gasteiger partial charge is 0.481 e. The molecule has 24 heavy (non-hydrogen) atoms. The Morgan fingerprint density at radius 2 is 2.21 bits per heavy atom. The van der Waals surface area contributed by atoms with Crippen LogP contribution < -0.4 is 10.5 Å². The lowest BCUT2D eigenvalue weighted by Gasteiger charge is -2.23. The summed E-state index contributed by atoms with van der Waals surface area (Å²) < 4.78 is 22.5. The Bertz CT molecular complexity index is 775. The summed E-state index contributed by atoms with van der Waals surface area (Å²) in [5.41, 5.74) is -0.804. The maximum Gasteiger partial charge on any atom is 0.317 e. The van der Waals surface area contributed by atoms with E-state index in [1.54, 1.807) is 11.0 Å². The van der Waals surface area contributed by atoms with Crippen LogP contribution in [-0.2, 0) is 21.4 Å². The molecule has 0 unspecified atom stereocenters. The van der Waals surface area contributed by atoms with Gasteiger partial charge in [0.1, 0.15) is 4.21 Å². The highest BCUT2D eigenvalue weighted by atomic mass is 32.2. The number of carboxylic acids is 1.